The smallest absolute Gasteiger partial charge is 0.0431 e. The number of nitrogens with one attached hydrogen (secondary N) is 1. The van der Waals surface area contributed by atoms with Crippen molar-refractivity contribution in [2.24, 2.45) is 0 Å². The second kappa shape index (κ2) is 6.88. The maximum Gasteiger partial charge on any atom is 0.0431 e. The van der Waals surface area contributed by atoms with E-state index < -0.39 is 0 Å². The molecule has 0 bridgehead atoms. The molecule has 0 saturated heterocycles. The van der Waals surface area contributed by atoms with E-state index in [0.29, 0.717) is 6.54 Å². The van der Waals surface area contributed by atoms with Crippen molar-refractivity contribution < 1.29 is 10.3 Å². The molecule has 3 N–H and O–H groups in total. The first-order valence-corrected chi connectivity index (χ1v) is 2.89. The fraction of sp³-hybridized carbons (Fsp3) is 1.00. The van der Waals surface area contributed by atoms with E-state index in [4.69, 9.17) is 10.3 Å². The second-order valence-corrected chi connectivity index (χ2v) is 1.69. The molecule has 3 heteroatoms. The van der Waals surface area contributed by atoms with Crippen LogP contribution in [0.5, 0.6) is 0 Å². The van der Waals surface area contributed by atoms with E-state index in [1.54, 1.807) is 0 Å². The Morgan fingerprint density at radius 2 is 1.88 bits per heavy atom. The summed E-state index contributed by atoms with van der Waals surface area (Å²) in [6.07, 6.45) is 2.74. The van der Waals surface area contributed by atoms with E-state index in [0.717, 1.165) is 19.3 Å². The van der Waals surface area contributed by atoms with Gasteiger partial charge in [0.1, 0.15) is 0 Å². The second-order valence-electron chi connectivity index (χ2n) is 1.69. The molecule has 0 rings (SSSR count). The molecule has 8 heavy (non-hydrogen) atoms. The molecule has 0 fully saturated rings. The lowest BCUT2D eigenvalue weighted by molar-refractivity contribution is 0.163. The standard InChI is InChI=1S/C5H13NO2/c7-5-3-1-2-4-6-8/h6-8H,1-5H2. The molecule has 0 aromatic heterocycles. The summed E-state index contributed by atoms with van der Waals surface area (Å²) in [5, 5.41) is 16.3. The van der Waals surface area contributed by atoms with Crippen molar-refractivity contribution in [1.82, 2.24) is 5.48 Å². The van der Waals surface area contributed by atoms with Crippen LogP contribution in [0.15, 0.2) is 0 Å². The molecule has 0 atom stereocenters. The molecule has 50 valence electrons. The van der Waals surface area contributed by atoms with Gasteiger partial charge in [-0.05, 0) is 19.3 Å². The van der Waals surface area contributed by atoms with Crippen molar-refractivity contribution >= 4 is 0 Å². The first-order chi connectivity index (χ1) is 3.91. The molecular formula is C5H13NO2. The molecule has 0 spiro atoms. The van der Waals surface area contributed by atoms with Crippen molar-refractivity contribution in [2.45, 2.75) is 19.3 Å². The van der Waals surface area contributed by atoms with E-state index in [-0.39, 0.29) is 6.61 Å². The lowest BCUT2D eigenvalue weighted by Gasteiger charge is -1.94. The zero-order valence-corrected chi connectivity index (χ0v) is 4.93. The zero-order chi connectivity index (χ0) is 6.24. The van der Waals surface area contributed by atoms with Gasteiger partial charge in [-0.2, -0.15) is 0 Å². The molecule has 0 heterocycles. The number of hydrogen-bond acceptors (Lipinski definition) is 3. The first kappa shape index (κ1) is 7.88. The van der Waals surface area contributed by atoms with Gasteiger partial charge in [0.25, 0.3) is 0 Å². The maximum atomic E-state index is 8.28. The molecule has 0 aliphatic rings. The summed E-state index contributed by atoms with van der Waals surface area (Å²) in [5.74, 6) is 0. The Labute approximate surface area is 49.3 Å². The number of hydrogen-bond donors (Lipinski definition) is 3. The quantitative estimate of drug-likeness (QED) is 0.356. The van der Waals surface area contributed by atoms with Crippen molar-refractivity contribution in [2.75, 3.05) is 13.2 Å². The molecule has 0 unspecified atom stereocenters. The third-order valence-corrected chi connectivity index (χ3v) is 0.947. The predicted molar refractivity (Wildman–Crippen MR) is 30.7 cm³/mol. The van der Waals surface area contributed by atoms with E-state index >= 15 is 0 Å². The number of hydroxylamine groups is 1. The minimum absolute atomic E-state index is 0.255. The monoisotopic (exact) mass is 119 g/mol. The molecule has 0 aromatic carbocycles. The molecule has 0 aromatic rings. The van der Waals surface area contributed by atoms with Crippen molar-refractivity contribution in [3.05, 3.63) is 0 Å². The molecule has 0 saturated carbocycles. The topological polar surface area (TPSA) is 52.5 Å². The minimum atomic E-state index is 0.255. The summed E-state index contributed by atoms with van der Waals surface area (Å²) in [6.45, 7) is 0.880. The van der Waals surface area contributed by atoms with Crippen LogP contribution in [-0.2, 0) is 0 Å². The molecule has 3 nitrogen and oxygen atoms in total. The van der Waals surface area contributed by atoms with Gasteiger partial charge in [0.2, 0.25) is 0 Å². The van der Waals surface area contributed by atoms with Crippen LogP contribution in [0.3, 0.4) is 0 Å². The third kappa shape index (κ3) is 5.88. The van der Waals surface area contributed by atoms with E-state index in [1.165, 1.54) is 0 Å². The van der Waals surface area contributed by atoms with Crippen molar-refractivity contribution in [3.8, 4) is 0 Å². The van der Waals surface area contributed by atoms with Gasteiger partial charge >= 0.3 is 0 Å². The lowest BCUT2D eigenvalue weighted by atomic mass is 10.2. The molecule has 0 aliphatic carbocycles. The average molecular weight is 119 g/mol. The molecule has 0 radical (unpaired) electrons. The largest absolute Gasteiger partial charge is 0.396 e. The van der Waals surface area contributed by atoms with Crippen LogP contribution in [0.2, 0.25) is 0 Å². The van der Waals surface area contributed by atoms with Gasteiger partial charge in [0, 0.05) is 13.2 Å². The van der Waals surface area contributed by atoms with Crippen LogP contribution < -0.4 is 5.48 Å². The fourth-order valence-corrected chi connectivity index (χ4v) is 0.493. The highest BCUT2D eigenvalue weighted by atomic mass is 16.5. The van der Waals surface area contributed by atoms with Crippen LogP contribution in [0.25, 0.3) is 0 Å². The van der Waals surface area contributed by atoms with E-state index in [2.05, 4.69) is 0 Å². The average Bonchev–Trinajstić information content (AvgIpc) is 1.81. The van der Waals surface area contributed by atoms with Crippen molar-refractivity contribution in [3.63, 3.8) is 0 Å². The van der Waals surface area contributed by atoms with Gasteiger partial charge < -0.3 is 10.3 Å². The van der Waals surface area contributed by atoms with E-state index in [9.17, 15) is 0 Å². The van der Waals surface area contributed by atoms with Crippen LogP contribution >= 0.6 is 0 Å². The van der Waals surface area contributed by atoms with Crippen LogP contribution in [0, 0.1) is 0 Å². The van der Waals surface area contributed by atoms with Crippen molar-refractivity contribution in [1.29, 1.82) is 0 Å². The van der Waals surface area contributed by atoms with Gasteiger partial charge in [0.15, 0.2) is 0 Å². The summed E-state index contributed by atoms with van der Waals surface area (Å²) in [7, 11) is 0. The molecular weight excluding hydrogens is 106 g/mol. The third-order valence-electron chi connectivity index (χ3n) is 0.947. The van der Waals surface area contributed by atoms with Gasteiger partial charge in [-0.3, -0.25) is 0 Å². The Bertz CT molecular complexity index is 35.4. The highest BCUT2D eigenvalue weighted by molar-refractivity contribution is 4.39. The first-order valence-electron chi connectivity index (χ1n) is 2.89. The lowest BCUT2D eigenvalue weighted by Crippen LogP contribution is -2.08. The maximum absolute atomic E-state index is 8.28. The van der Waals surface area contributed by atoms with E-state index in [1.807, 2.05) is 5.48 Å². The zero-order valence-electron chi connectivity index (χ0n) is 4.93. The van der Waals surface area contributed by atoms with Crippen LogP contribution in [0.1, 0.15) is 19.3 Å². The normalized spacial score (nSPS) is 9.75. The Morgan fingerprint density at radius 3 is 2.38 bits per heavy atom. The number of aliphatic hydroxyl groups is 1. The summed E-state index contributed by atoms with van der Waals surface area (Å²) in [5.41, 5.74) is 2.04. The molecule has 0 aliphatic heterocycles. The fourth-order valence-electron chi connectivity index (χ4n) is 0.493. The summed E-state index contributed by atoms with van der Waals surface area (Å²) in [4.78, 5) is 0. The van der Waals surface area contributed by atoms with Crippen LogP contribution in [-0.4, -0.2) is 23.5 Å². The Kier molecular flexibility index (Phi) is 6.78. The predicted octanol–water partition coefficient (Wildman–Crippen LogP) is 0.128. The number of aliphatic hydroxyl groups excluding tert-OH is 1. The SMILES string of the molecule is OCCCCCNO. The van der Waals surface area contributed by atoms with Gasteiger partial charge in [-0.25, -0.2) is 5.48 Å². The highest BCUT2D eigenvalue weighted by Gasteiger charge is 1.83. The van der Waals surface area contributed by atoms with Crippen LogP contribution in [0.4, 0.5) is 0 Å². The summed E-state index contributed by atoms with van der Waals surface area (Å²) >= 11 is 0. The molecule has 0 amide bonds. The number of unbranched alkanes of at least 4 members (excludes halogenated alkanes) is 2. The Balaban J connectivity index is 2.53. The van der Waals surface area contributed by atoms with Gasteiger partial charge in [-0.15, -0.1) is 0 Å². The number of rotatable bonds is 5. The van der Waals surface area contributed by atoms with Gasteiger partial charge in [0.05, 0.1) is 0 Å². The Hall–Kier alpha value is -0.120. The Morgan fingerprint density at radius 1 is 1.12 bits per heavy atom. The summed E-state index contributed by atoms with van der Waals surface area (Å²) in [6, 6.07) is 0. The minimum Gasteiger partial charge on any atom is -0.396 e. The summed E-state index contributed by atoms with van der Waals surface area (Å²) < 4.78 is 0. The van der Waals surface area contributed by atoms with Gasteiger partial charge in [-0.1, -0.05) is 0 Å². The highest BCUT2D eigenvalue weighted by Crippen LogP contribution is 1.90.